The lowest BCUT2D eigenvalue weighted by molar-refractivity contribution is -0.123. The molecule has 120 valence electrons. The monoisotopic (exact) mass is 321 g/mol. The highest BCUT2D eigenvalue weighted by molar-refractivity contribution is 6.33. The fraction of sp³-hybridized carbons (Fsp3) is 0.588. The van der Waals surface area contributed by atoms with Crippen LogP contribution in [0.5, 0.6) is 0 Å². The van der Waals surface area contributed by atoms with E-state index in [1.165, 1.54) is 12.8 Å². The number of benzene rings is 1. The van der Waals surface area contributed by atoms with Gasteiger partial charge < -0.3 is 10.2 Å². The summed E-state index contributed by atoms with van der Waals surface area (Å²) in [6.45, 7) is 6.25. The van der Waals surface area contributed by atoms with Gasteiger partial charge in [-0.15, -0.1) is 0 Å². The lowest BCUT2D eigenvalue weighted by Crippen LogP contribution is -2.50. The molecule has 1 saturated heterocycles. The number of anilines is 1. The second kappa shape index (κ2) is 6.88. The number of amides is 1. The third-order valence-electron chi connectivity index (χ3n) is 4.65. The number of para-hydroxylation sites is 1. The number of carbonyl (C=O) groups is 1. The molecule has 1 aliphatic heterocycles. The number of nitrogens with zero attached hydrogens (tertiary/aromatic N) is 2. The van der Waals surface area contributed by atoms with Crippen molar-refractivity contribution in [1.29, 1.82) is 0 Å². The molecule has 1 aromatic carbocycles. The molecule has 1 aromatic rings. The van der Waals surface area contributed by atoms with E-state index in [0.717, 1.165) is 36.9 Å². The quantitative estimate of drug-likeness (QED) is 0.904. The number of hydrogen-bond donors (Lipinski definition) is 1. The van der Waals surface area contributed by atoms with Crippen LogP contribution in [0.15, 0.2) is 24.3 Å². The Bertz CT molecular complexity index is 524. The van der Waals surface area contributed by atoms with Crippen LogP contribution >= 0.6 is 11.6 Å². The Hall–Kier alpha value is -1.26. The SMILES string of the molecule is CC(NC(=O)CN1CCN(c2ccccc2Cl)CC1)C1CC1. The van der Waals surface area contributed by atoms with Gasteiger partial charge in [0, 0.05) is 32.2 Å². The van der Waals surface area contributed by atoms with Crippen molar-refractivity contribution in [3.63, 3.8) is 0 Å². The molecule has 1 amide bonds. The summed E-state index contributed by atoms with van der Waals surface area (Å²) in [4.78, 5) is 16.6. The maximum Gasteiger partial charge on any atom is 0.234 e. The predicted molar refractivity (Wildman–Crippen MR) is 90.4 cm³/mol. The van der Waals surface area contributed by atoms with Gasteiger partial charge in [0.05, 0.1) is 17.3 Å². The van der Waals surface area contributed by atoms with Gasteiger partial charge in [-0.2, -0.15) is 0 Å². The molecule has 1 heterocycles. The highest BCUT2D eigenvalue weighted by atomic mass is 35.5. The molecule has 2 aliphatic rings. The van der Waals surface area contributed by atoms with E-state index in [2.05, 4.69) is 28.1 Å². The highest BCUT2D eigenvalue weighted by Crippen LogP contribution is 2.32. The maximum absolute atomic E-state index is 12.1. The van der Waals surface area contributed by atoms with E-state index >= 15 is 0 Å². The molecule has 2 fully saturated rings. The van der Waals surface area contributed by atoms with E-state index < -0.39 is 0 Å². The van der Waals surface area contributed by atoms with Crippen molar-refractivity contribution in [1.82, 2.24) is 10.2 Å². The van der Waals surface area contributed by atoms with Crippen molar-refractivity contribution in [2.75, 3.05) is 37.6 Å². The molecule has 1 N–H and O–H groups in total. The molecule has 0 radical (unpaired) electrons. The minimum absolute atomic E-state index is 0.158. The first-order chi connectivity index (χ1) is 10.6. The summed E-state index contributed by atoms with van der Waals surface area (Å²) in [5.74, 6) is 0.867. The van der Waals surface area contributed by atoms with Crippen LogP contribution in [0.1, 0.15) is 19.8 Å². The van der Waals surface area contributed by atoms with Gasteiger partial charge in [-0.1, -0.05) is 23.7 Å². The average molecular weight is 322 g/mol. The molecule has 0 spiro atoms. The van der Waals surface area contributed by atoms with E-state index in [-0.39, 0.29) is 5.91 Å². The Balaban J connectivity index is 1.45. The Labute approximate surface area is 137 Å². The Morgan fingerprint density at radius 1 is 1.27 bits per heavy atom. The number of halogens is 1. The second-order valence-electron chi connectivity index (χ2n) is 6.41. The van der Waals surface area contributed by atoms with Gasteiger partial charge in [-0.05, 0) is 37.8 Å². The van der Waals surface area contributed by atoms with Gasteiger partial charge in [0.1, 0.15) is 0 Å². The van der Waals surface area contributed by atoms with Gasteiger partial charge >= 0.3 is 0 Å². The van der Waals surface area contributed by atoms with Crippen molar-refractivity contribution in [3.05, 3.63) is 29.3 Å². The van der Waals surface area contributed by atoms with Crippen LogP contribution < -0.4 is 10.2 Å². The van der Waals surface area contributed by atoms with Crippen molar-refractivity contribution in [2.24, 2.45) is 5.92 Å². The zero-order valence-electron chi connectivity index (χ0n) is 13.1. The van der Waals surface area contributed by atoms with E-state index in [1.807, 2.05) is 18.2 Å². The topological polar surface area (TPSA) is 35.6 Å². The fourth-order valence-corrected chi connectivity index (χ4v) is 3.33. The van der Waals surface area contributed by atoms with Crippen LogP contribution in [-0.4, -0.2) is 49.6 Å². The Morgan fingerprint density at radius 2 is 1.95 bits per heavy atom. The lowest BCUT2D eigenvalue weighted by Gasteiger charge is -2.36. The standard InChI is InChI=1S/C17H24ClN3O/c1-13(14-6-7-14)19-17(22)12-20-8-10-21(11-9-20)16-5-3-2-4-15(16)18/h2-5,13-14H,6-12H2,1H3,(H,19,22). The molecule has 5 heteroatoms. The molecule has 1 saturated carbocycles. The van der Waals surface area contributed by atoms with Gasteiger partial charge in [0.25, 0.3) is 0 Å². The molecule has 22 heavy (non-hydrogen) atoms. The molecule has 3 rings (SSSR count). The zero-order chi connectivity index (χ0) is 15.5. The van der Waals surface area contributed by atoms with Crippen LogP contribution in [0.4, 0.5) is 5.69 Å². The maximum atomic E-state index is 12.1. The summed E-state index contributed by atoms with van der Waals surface area (Å²) in [6.07, 6.45) is 2.52. The first-order valence-corrected chi connectivity index (χ1v) is 8.52. The molecule has 1 aliphatic carbocycles. The van der Waals surface area contributed by atoms with E-state index in [1.54, 1.807) is 0 Å². The van der Waals surface area contributed by atoms with Crippen molar-refractivity contribution < 1.29 is 4.79 Å². The highest BCUT2D eigenvalue weighted by Gasteiger charge is 2.29. The molecular weight excluding hydrogens is 298 g/mol. The van der Waals surface area contributed by atoms with Crippen molar-refractivity contribution >= 4 is 23.2 Å². The first-order valence-electron chi connectivity index (χ1n) is 8.14. The number of rotatable bonds is 5. The molecule has 4 nitrogen and oxygen atoms in total. The van der Waals surface area contributed by atoms with Crippen LogP contribution in [0.2, 0.25) is 5.02 Å². The third-order valence-corrected chi connectivity index (χ3v) is 4.97. The summed E-state index contributed by atoms with van der Waals surface area (Å²) < 4.78 is 0. The number of nitrogens with one attached hydrogen (secondary N) is 1. The molecule has 1 atom stereocenters. The fourth-order valence-electron chi connectivity index (χ4n) is 3.07. The summed E-state index contributed by atoms with van der Waals surface area (Å²) in [5.41, 5.74) is 1.09. The summed E-state index contributed by atoms with van der Waals surface area (Å²) in [7, 11) is 0. The van der Waals surface area contributed by atoms with Crippen LogP contribution in [0.25, 0.3) is 0 Å². The molecule has 0 bridgehead atoms. The second-order valence-corrected chi connectivity index (χ2v) is 6.82. The summed E-state index contributed by atoms with van der Waals surface area (Å²) in [6, 6.07) is 8.28. The van der Waals surface area contributed by atoms with E-state index in [9.17, 15) is 4.79 Å². The largest absolute Gasteiger partial charge is 0.368 e. The first kappa shape index (κ1) is 15.6. The minimum atomic E-state index is 0.158. The third kappa shape index (κ3) is 3.93. The van der Waals surface area contributed by atoms with Gasteiger partial charge in [-0.25, -0.2) is 0 Å². The number of carbonyl (C=O) groups excluding carboxylic acids is 1. The van der Waals surface area contributed by atoms with Crippen LogP contribution in [0.3, 0.4) is 0 Å². The van der Waals surface area contributed by atoms with Gasteiger partial charge in [0.15, 0.2) is 0 Å². The zero-order valence-corrected chi connectivity index (χ0v) is 13.9. The van der Waals surface area contributed by atoms with Crippen LogP contribution in [-0.2, 0) is 4.79 Å². The summed E-state index contributed by atoms with van der Waals surface area (Å²) >= 11 is 6.25. The predicted octanol–water partition coefficient (Wildman–Crippen LogP) is 2.38. The van der Waals surface area contributed by atoms with E-state index in [0.29, 0.717) is 18.5 Å². The molecule has 1 unspecified atom stereocenters. The Kier molecular flexibility index (Phi) is 4.89. The minimum Gasteiger partial charge on any atom is -0.368 e. The molecular formula is C17H24ClN3O. The summed E-state index contributed by atoms with van der Waals surface area (Å²) in [5, 5.41) is 3.92. The Morgan fingerprint density at radius 3 is 2.59 bits per heavy atom. The average Bonchev–Trinajstić information content (AvgIpc) is 3.33. The number of hydrogen-bond acceptors (Lipinski definition) is 3. The smallest absolute Gasteiger partial charge is 0.234 e. The lowest BCUT2D eigenvalue weighted by atomic mass is 10.2. The normalized spacial score (nSPS) is 20.7. The van der Waals surface area contributed by atoms with Crippen molar-refractivity contribution in [3.8, 4) is 0 Å². The molecule has 0 aromatic heterocycles. The van der Waals surface area contributed by atoms with Gasteiger partial charge in [-0.3, -0.25) is 9.69 Å². The van der Waals surface area contributed by atoms with Crippen molar-refractivity contribution in [2.45, 2.75) is 25.8 Å². The number of piperazine rings is 1. The van der Waals surface area contributed by atoms with E-state index in [4.69, 9.17) is 11.6 Å². The van der Waals surface area contributed by atoms with Crippen LogP contribution in [0, 0.1) is 5.92 Å². The van der Waals surface area contributed by atoms with Gasteiger partial charge in [0.2, 0.25) is 5.91 Å².